The van der Waals surface area contributed by atoms with E-state index in [1.807, 2.05) is 24.3 Å². The molecular formula is C17H24ClN5O. The SMILES string of the molecule is O=C(NCCC1=CCCCC1)C1NNNC1Nc1cccc(Cl)c1. The van der Waals surface area contributed by atoms with Crippen LogP contribution in [0.15, 0.2) is 35.9 Å². The first-order valence-electron chi connectivity index (χ1n) is 8.46. The lowest BCUT2D eigenvalue weighted by Gasteiger charge is -2.20. The third-order valence-corrected chi connectivity index (χ3v) is 4.58. The first-order chi connectivity index (χ1) is 11.7. The number of rotatable bonds is 6. The molecule has 0 saturated carbocycles. The number of anilines is 1. The number of halogens is 1. The second kappa shape index (κ2) is 8.48. The number of benzene rings is 1. The van der Waals surface area contributed by atoms with Crippen molar-refractivity contribution in [2.75, 3.05) is 11.9 Å². The fraction of sp³-hybridized carbons (Fsp3) is 0.471. The Hall–Kier alpha value is -1.60. The van der Waals surface area contributed by atoms with E-state index in [9.17, 15) is 4.79 Å². The van der Waals surface area contributed by atoms with E-state index in [0.29, 0.717) is 11.6 Å². The van der Waals surface area contributed by atoms with Crippen molar-refractivity contribution in [2.24, 2.45) is 0 Å². The first kappa shape index (κ1) is 17.2. The van der Waals surface area contributed by atoms with Gasteiger partial charge in [-0.1, -0.05) is 29.3 Å². The minimum atomic E-state index is -0.413. The second-order valence-corrected chi connectivity index (χ2v) is 6.61. The highest BCUT2D eigenvalue weighted by molar-refractivity contribution is 6.30. The maximum absolute atomic E-state index is 12.4. The molecule has 24 heavy (non-hydrogen) atoms. The highest BCUT2D eigenvalue weighted by Gasteiger charge is 2.32. The molecule has 1 heterocycles. The molecule has 1 saturated heterocycles. The zero-order valence-corrected chi connectivity index (χ0v) is 14.3. The van der Waals surface area contributed by atoms with Gasteiger partial charge in [0, 0.05) is 17.3 Å². The summed E-state index contributed by atoms with van der Waals surface area (Å²) in [6.07, 6.45) is 7.88. The zero-order chi connectivity index (χ0) is 16.8. The van der Waals surface area contributed by atoms with Crippen molar-refractivity contribution in [3.8, 4) is 0 Å². The molecular weight excluding hydrogens is 326 g/mol. The summed E-state index contributed by atoms with van der Waals surface area (Å²) in [6.45, 7) is 0.673. The van der Waals surface area contributed by atoms with Crippen LogP contribution in [0.4, 0.5) is 5.69 Å². The molecule has 0 aromatic heterocycles. The van der Waals surface area contributed by atoms with E-state index < -0.39 is 6.04 Å². The van der Waals surface area contributed by atoms with Gasteiger partial charge in [-0.15, -0.1) is 0 Å². The molecule has 2 unspecified atom stereocenters. The molecule has 1 aliphatic carbocycles. The highest BCUT2D eigenvalue weighted by atomic mass is 35.5. The number of hydrogen-bond donors (Lipinski definition) is 5. The van der Waals surface area contributed by atoms with E-state index in [0.717, 1.165) is 12.1 Å². The Morgan fingerprint density at radius 3 is 3.00 bits per heavy atom. The molecule has 1 aromatic rings. The van der Waals surface area contributed by atoms with Gasteiger partial charge in [-0.05, 0) is 50.3 Å². The van der Waals surface area contributed by atoms with Gasteiger partial charge in [-0.3, -0.25) is 4.79 Å². The van der Waals surface area contributed by atoms with E-state index in [4.69, 9.17) is 11.6 Å². The smallest absolute Gasteiger partial charge is 0.242 e. The lowest BCUT2D eigenvalue weighted by molar-refractivity contribution is -0.123. The van der Waals surface area contributed by atoms with E-state index in [2.05, 4.69) is 33.1 Å². The summed E-state index contributed by atoms with van der Waals surface area (Å²) >= 11 is 6.00. The number of carbonyl (C=O) groups excluding carboxylic acids is 1. The molecule has 3 rings (SSSR count). The summed E-state index contributed by atoms with van der Waals surface area (Å²) in [5.41, 5.74) is 11.1. The van der Waals surface area contributed by atoms with Crippen LogP contribution in [-0.2, 0) is 4.79 Å². The average molecular weight is 350 g/mol. The van der Waals surface area contributed by atoms with Crippen molar-refractivity contribution < 1.29 is 4.79 Å². The van der Waals surface area contributed by atoms with E-state index in [-0.39, 0.29) is 12.1 Å². The maximum Gasteiger partial charge on any atom is 0.242 e. The maximum atomic E-state index is 12.4. The van der Waals surface area contributed by atoms with Crippen molar-refractivity contribution in [1.82, 2.24) is 21.7 Å². The molecule has 7 heteroatoms. The van der Waals surface area contributed by atoms with Crippen molar-refractivity contribution in [2.45, 2.75) is 44.3 Å². The molecule has 2 atom stereocenters. The molecule has 1 fully saturated rings. The van der Waals surface area contributed by atoms with Gasteiger partial charge in [0.1, 0.15) is 12.2 Å². The van der Waals surface area contributed by atoms with Crippen LogP contribution in [0, 0.1) is 0 Å². The minimum Gasteiger partial charge on any atom is -0.367 e. The van der Waals surface area contributed by atoms with Crippen molar-refractivity contribution in [1.29, 1.82) is 0 Å². The molecule has 0 bridgehead atoms. The van der Waals surface area contributed by atoms with Gasteiger partial charge >= 0.3 is 0 Å². The van der Waals surface area contributed by atoms with Crippen LogP contribution in [0.5, 0.6) is 0 Å². The van der Waals surface area contributed by atoms with Crippen LogP contribution in [0.2, 0.25) is 5.02 Å². The van der Waals surface area contributed by atoms with Gasteiger partial charge in [-0.25, -0.2) is 10.9 Å². The largest absolute Gasteiger partial charge is 0.367 e. The number of carbonyl (C=O) groups is 1. The van der Waals surface area contributed by atoms with Crippen molar-refractivity contribution in [3.63, 3.8) is 0 Å². The standard InChI is InChI=1S/C17H24ClN5O/c18-13-7-4-8-14(11-13)20-16-15(21-23-22-16)17(24)19-10-9-12-5-2-1-3-6-12/h4-5,7-8,11,15-16,20-23H,1-3,6,9-10H2,(H,19,24). The van der Waals surface area contributed by atoms with Crippen LogP contribution in [0.1, 0.15) is 32.1 Å². The van der Waals surface area contributed by atoms with Crippen LogP contribution < -0.4 is 27.0 Å². The molecule has 5 N–H and O–H groups in total. The Bertz CT molecular complexity index is 606. The monoisotopic (exact) mass is 349 g/mol. The Kier molecular flexibility index (Phi) is 6.09. The predicted octanol–water partition coefficient (Wildman–Crippen LogP) is 2.07. The number of amides is 1. The van der Waals surface area contributed by atoms with Gasteiger partial charge in [0.2, 0.25) is 5.91 Å². The number of allylic oxidation sites excluding steroid dienone is 1. The second-order valence-electron chi connectivity index (χ2n) is 6.17. The molecule has 2 aliphatic rings. The van der Waals surface area contributed by atoms with Gasteiger partial charge in [0.15, 0.2) is 0 Å². The van der Waals surface area contributed by atoms with Crippen LogP contribution in [0.25, 0.3) is 0 Å². The van der Waals surface area contributed by atoms with E-state index in [1.165, 1.54) is 31.3 Å². The summed E-state index contributed by atoms with van der Waals surface area (Å²) in [6, 6.07) is 7.01. The van der Waals surface area contributed by atoms with Crippen LogP contribution >= 0.6 is 11.6 Å². The predicted molar refractivity (Wildman–Crippen MR) is 96.2 cm³/mol. The topological polar surface area (TPSA) is 77.2 Å². The minimum absolute atomic E-state index is 0.0385. The van der Waals surface area contributed by atoms with Crippen LogP contribution in [-0.4, -0.2) is 24.7 Å². The highest BCUT2D eigenvalue weighted by Crippen LogP contribution is 2.19. The number of nitrogens with one attached hydrogen (secondary N) is 5. The average Bonchev–Trinajstić information content (AvgIpc) is 3.04. The summed E-state index contributed by atoms with van der Waals surface area (Å²) in [4.78, 5) is 12.4. The van der Waals surface area contributed by atoms with Crippen molar-refractivity contribution in [3.05, 3.63) is 40.9 Å². The van der Waals surface area contributed by atoms with E-state index >= 15 is 0 Å². The number of hydrogen-bond acceptors (Lipinski definition) is 5. The quantitative estimate of drug-likeness (QED) is 0.508. The van der Waals surface area contributed by atoms with Gasteiger partial charge in [0.25, 0.3) is 0 Å². The third-order valence-electron chi connectivity index (χ3n) is 4.35. The van der Waals surface area contributed by atoms with Gasteiger partial charge < -0.3 is 10.6 Å². The molecule has 1 aromatic carbocycles. The Labute approximate surface area is 147 Å². The Morgan fingerprint density at radius 1 is 1.29 bits per heavy atom. The third kappa shape index (κ3) is 4.70. The van der Waals surface area contributed by atoms with Gasteiger partial charge in [-0.2, -0.15) is 5.53 Å². The fourth-order valence-electron chi connectivity index (χ4n) is 3.05. The normalized spacial score (nSPS) is 23.6. The lowest BCUT2D eigenvalue weighted by atomic mass is 9.97. The molecule has 6 nitrogen and oxygen atoms in total. The lowest BCUT2D eigenvalue weighted by Crippen LogP contribution is -2.50. The van der Waals surface area contributed by atoms with Gasteiger partial charge in [0.05, 0.1) is 0 Å². The van der Waals surface area contributed by atoms with E-state index in [1.54, 1.807) is 0 Å². The summed E-state index contributed by atoms with van der Waals surface area (Å²) in [5, 5.41) is 6.92. The van der Waals surface area contributed by atoms with Crippen molar-refractivity contribution >= 4 is 23.2 Å². The fourth-order valence-corrected chi connectivity index (χ4v) is 3.24. The molecule has 0 radical (unpaired) electrons. The number of hydrazine groups is 2. The summed E-state index contributed by atoms with van der Waals surface area (Å²) in [5.74, 6) is -0.0385. The molecule has 1 aliphatic heterocycles. The Balaban J connectivity index is 1.49. The zero-order valence-electron chi connectivity index (χ0n) is 13.6. The Morgan fingerprint density at radius 2 is 2.21 bits per heavy atom. The first-order valence-corrected chi connectivity index (χ1v) is 8.84. The summed E-state index contributed by atoms with van der Waals surface area (Å²) in [7, 11) is 0. The molecule has 130 valence electrons. The van der Waals surface area contributed by atoms with Crippen LogP contribution in [0.3, 0.4) is 0 Å². The molecule has 1 amide bonds. The molecule has 0 spiro atoms. The summed E-state index contributed by atoms with van der Waals surface area (Å²) < 4.78 is 0.